The molecule has 0 bridgehead atoms. The van der Waals surface area contributed by atoms with E-state index in [2.05, 4.69) is 22.2 Å². The Morgan fingerprint density at radius 2 is 1.30 bits per heavy atom. The van der Waals surface area contributed by atoms with Crippen molar-refractivity contribution in [1.29, 1.82) is 0 Å². The summed E-state index contributed by atoms with van der Waals surface area (Å²) >= 11 is 0. The van der Waals surface area contributed by atoms with Gasteiger partial charge in [-0.3, -0.25) is 23.5 Å². The highest BCUT2D eigenvalue weighted by atomic mass is 32.2. The van der Waals surface area contributed by atoms with E-state index in [1.807, 2.05) is 19.1 Å². The number of hydrogen-bond acceptors (Lipinski definition) is 7. The van der Waals surface area contributed by atoms with Crippen molar-refractivity contribution in [1.82, 2.24) is 19.1 Å². The van der Waals surface area contributed by atoms with Crippen molar-refractivity contribution in [2.24, 2.45) is 0 Å². The van der Waals surface area contributed by atoms with Gasteiger partial charge < -0.3 is 24.4 Å². The van der Waals surface area contributed by atoms with Crippen molar-refractivity contribution in [3.63, 3.8) is 0 Å². The SMILES string of the molecule is CCCCn1c(=O)c(=O)[nH]c2ccc3c(c21)CCCN3.CCCCn1c(=O)c(=O)[nH]c2ccc3c(c21)CCCN3S(C)(=O)=O. The molecule has 12 nitrogen and oxygen atoms in total. The van der Waals surface area contributed by atoms with Crippen molar-refractivity contribution in [3.05, 3.63) is 76.8 Å². The van der Waals surface area contributed by atoms with Crippen molar-refractivity contribution < 1.29 is 8.42 Å². The van der Waals surface area contributed by atoms with E-state index in [4.69, 9.17) is 0 Å². The molecule has 0 saturated carbocycles. The Kier molecular flexibility index (Phi) is 9.14. The van der Waals surface area contributed by atoms with Gasteiger partial charge in [0.05, 0.1) is 34.0 Å². The van der Waals surface area contributed by atoms with Gasteiger partial charge in [-0.15, -0.1) is 0 Å². The van der Waals surface area contributed by atoms with Gasteiger partial charge in [-0.2, -0.15) is 0 Å². The lowest BCUT2D eigenvalue weighted by atomic mass is 10.0. The molecule has 0 unspecified atom stereocenters. The van der Waals surface area contributed by atoms with E-state index in [1.54, 1.807) is 16.7 Å². The minimum absolute atomic E-state index is 0.430. The van der Waals surface area contributed by atoms with Crippen molar-refractivity contribution >= 4 is 43.5 Å². The number of rotatable bonds is 7. The van der Waals surface area contributed by atoms with Gasteiger partial charge in [-0.1, -0.05) is 26.7 Å². The number of aromatic amines is 2. The molecule has 2 aromatic carbocycles. The van der Waals surface area contributed by atoms with Crippen LogP contribution in [-0.2, 0) is 36.0 Å². The van der Waals surface area contributed by atoms with Crippen LogP contribution in [0.25, 0.3) is 22.1 Å². The standard InChI is InChI=1S/C16H21N3O4S.C15H19N3O2/c1-3-4-9-18-14-11-6-5-10-19(24(2,22)23)13(11)8-7-12(14)17-15(20)16(18)21;1-2-3-9-18-13-10-5-4-8-16-11(10)6-7-12(13)17-14(19)15(18)20/h7-8H,3-6,9-10H2,1-2H3,(H,17,20);6-7,16H,2-5,8-9H2,1H3,(H,17,19). The fourth-order valence-corrected chi connectivity index (χ4v) is 7.18. The van der Waals surface area contributed by atoms with Crippen LogP contribution in [0, 0.1) is 0 Å². The molecule has 44 heavy (non-hydrogen) atoms. The lowest BCUT2D eigenvalue weighted by Crippen LogP contribution is -2.38. The summed E-state index contributed by atoms with van der Waals surface area (Å²) in [6, 6.07) is 7.26. The van der Waals surface area contributed by atoms with Crippen LogP contribution in [0.1, 0.15) is 63.5 Å². The average Bonchev–Trinajstić information content (AvgIpc) is 3.01. The Balaban J connectivity index is 0.000000177. The molecule has 0 aliphatic carbocycles. The molecule has 0 amide bonds. The summed E-state index contributed by atoms with van der Waals surface area (Å²) in [5, 5.41) is 3.36. The smallest absolute Gasteiger partial charge is 0.316 e. The van der Waals surface area contributed by atoms with Gasteiger partial charge in [0, 0.05) is 43.0 Å². The summed E-state index contributed by atoms with van der Waals surface area (Å²) in [6.07, 6.45) is 8.09. The van der Waals surface area contributed by atoms with Crippen LogP contribution in [0.15, 0.2) is 43.4 Å². The fraction of sp³-hybridized carbons (Fsp3) is 0.484. The van der Waals surface area contributed by atoms with Crippen LogP contribution in [-0.4, -0.2) is 46.9 Å². The Morgan fingerprint density at radius 1 is 0.750 bits per heavy atom. The van der Waals surface area contributed by atoms with E-state index >= 15 is 0 Å². The molecule has 6 rings (SSSR count). The van der Waals surface area contributed by atoms with Crippen LogP contribution in [0.5, 0.6) is 0 Å². The van der Waals surface area contributed by atoms with Gasteiger partial charge in [0.2, 0.25) is 10.0 Å². The summed E-state index contributed by atoms with van der Waals surface area (Å²) < 4.78 is 28.7. The predicted molar refractivity (Wildman–Crippen MR) is 175 cm³/mol. The zero-order valence-corrected chi connectivity index (χ0v) is 26.3. The van der Waals surface area contributed by atoms with Crippen molar-refractivity contribution in [3.8, 4) is 0 Å². The molecule has 4 aromatic rings. The molecule has 0 radical (unpaired) electrons. The lowest BCUT2D eigenvalue weighted by Gasteiger charge is -2.30. The van der Waals surface area contributed by atoms with Crippen LogP contribution < -0.4 is 31.9 Å². The largest absolute Gasteiger partial charge is 0.385 e. The average molecular weight is 625 g/mol. The Labute approximate surface area is 254 Å². The number of benzene rings is 2. The number of anilines is 2. The predicted octanol–water partition coefficient (Wildman–Crippen LogP) is 3.05. The molecule has 0 atom stereocenters. The molecule has 2 aliphatic heterocycles. The van der Waals surface area contributed by atoms with Gasteiger partial charge in [0.15, 0.2) is 0 Å². The number of fused-ring (bicyclic) bond motifs is 6. The highest BCUT2D eigenvalue weighted by Gasteiger charge is 2.27. The second-order valence-electron chi connectivity index (χ2n) is 11.4. The zero-order valence-electron chi connectivity index (χ0n) is 25.5. The summed E-state index contributed by atoms with van der Waals surface area (Å²) in [5.41, 5.74) is 4.34. The molecule has 0 spiro atoms. The fourth-order valence-electron chi connectivity index (χ4n) is 6.19. The van der Waals surface area contributed by atoms with E-state index in [-0.39, 0.29) is 0 Å². The Morgan fingerprint density at radius 3 is 1.86 bits per heavy atom. The van der Waals surface area contributed by atoms with Crippen LogP contribution >= 0.6 is 0 Å². The van der Waals surface area contributed by atoms with E-state index in [9.17, 15) is 27.6 Å². The maximum absolute atomic E-state index is 12.3. The number of aromatic nitrogens is 4. The molecule has 3 N–H and O–H groups in total. The van der Waals surface area contributed by atoms with Gasteiger partial charge in [-0.25, -0.2) is 8.42 Å². The van der Waals surface area contributed by atoms with Gasteiger partial charge in [0.25, 0.3) is 0 Å². The molecule has 2 aromatic heterocycles. The van der Waals surface area contributed by atoms with E-state index in [0.717, 1.165) is 72.9 Å². The van der Waals surface area contributed by atoms with Crippen LogP contribution in [0.4, 0.5) is 11.4 Å². The zero-order chi connectivity index (χ0) is 31.6. The molecule has 0 fully saturated rings. The van der Waals surface area contributed by atoms with Gasteiger partial charge >= 0.3 is 22.2 Å². The highest BCUT2D eigenvalue weighted by Crippen LogP contribution is 2.34. The first-order valence-corrected chi connectivity index (χ1v) is 17.2. The maximum Gasteiger partial charge on any atom is 0.316 e. The first kappa shape index (κ1) is 31.3. The maximum atomic E-state index is 12.3. The number of nitrogens with zero attached hydrogens (tertiary/aromatic N) is 3. The highest BCUT2D eigenvalue weighted by molar-refractivity contribution is 7.92. The van der Waals surface area contributed by atoms with Crippen molar-refractivity contribution in [2.45, 2.75) is 78.3 Å². The minimum atomic E-state index is -3.38. The molecular weight excluding hydrogens is 584 g/mol. The normalized spacial score (nSPS) is 14.5. The minimum Gasteiger partial charge on any atom is -0.385 e. The van der Waals surface area contributed by atoms with Gasteiger partial charge in [0.1, 0.15) is 0 Å². The molecule has 2 aliphatic rings. The molecule has 4 heterocycles. The summed E-state index contributed by atoms with van der Waals surface area (Å²) in [4.78, 5) is 53.5. The molecular formula is C31H40N6O6S. The van der Waals surface area contributed by atoms with E-state index in [0.29, 0.717) is 49.2 Å². The Bertz CT molecular complexity index is 2060. The quantitative estimate of drug-likeness (QED) is 0.267. The van der Waals surface area contributed by atoms with E-state index < -0.39 is 32.3 Å². The van der Waals surface area contributed by atoms with Crippen LogP contribution in [0.2, 0.25) is 0 Å². The second-order valence-corrected chi connectivity index (χ2v) is 13.4. The third kappa shape index (κ3) is 5.97. The van der Waals surface area contributed by atoms with E-state index in [1.165, 1.54) is 15.1 Å². The third-order valence-electron chi connectivity index (χ3n) is 8.30. The number of nitrogens with one attached hydrogen (secondary N) is 3. The number of aryl methyl sites for hydroxylation is 4. The number of unbranched alkanes of at least 4 members (excludes halogenated alkanes) is 2. The first-order valence-electron chi connectivity index (χ1n) is 15.4. The van der Waals surface area contributed by atoms with Gasteiger partial charge in [-0.05, 0) is 62.8 Å². The topological polar surface area (TPSA) is 159 Å². The van der Waals surface area contributed by atoms with Crippen LogP contribution in [0.3, 0.4) is 0 Å². The van der Waals surface area contributed by atoms with Crippen molar-refractivity contribution in [2.75, 3.05) is 29.0 Å². The number of sulfonamides is 1. The Hall–Kier alpha value is -4.13. The molecule has 13 heteroatoms. The summed E-state index contributed by atoms with van der Waals surface area (Å²) in [5.74, 6) is 0. The first-order chi connectivity index (χ1) is 21.1. The lowest BCUT2D eigenvalue weighted by molar-refractivity contribution is 0.592. The molecule has 236 valence electrons. The number of H-pyrrole nitrogens is 2. The summed E-state index contributed by atoms with van der Waals surface area (Å²) in [6.45, 7) is 6.54. The summed E-state index contributed by atoms with van der Waals surface area (Å²) in [7, 11) is -3.38. The molecule has 0 saturated heterocycles. The third-order valence-corrected chi connectivity index (χ3v) is 9.48. The second kappa shape index (κ2) is 12.8. The monoisotopic (exact) mass is 624 g/mol. The number of hydrogen-bond donors (Lipinski definition) is 3.